The number of carboxylic acid groups (broad SMARTS) is 1. The highest BCUT2D eigenvalue weighted by molar-refractivity contribution is 5.82. The molecule has 1 aliphatic carbocycles. The highest BCUT2D eigenvalue weighted by atomic mass is 16.5. The molecule has 42 heavy (non-hydrogen) atoms. The lowest BCUT2D eigenvalue weighted by Gasteiger charge is -2.38. The molecule has 3 aliphatic rings. The number of pyridine rings is 1. The maximum atomic E-state index is 11.7. The van der Waals surface area contributed by atoms with Gasteiger partial charge in [-0.1, -0.05) is 12.1 Å². The van der Waals surface area contributed by atoms with Crippen molar-refractivity contribution in [2.45, 2.75) is 49.9 Å². The van der Waals surface area contributed by atoms with E-state index in [0.717, 1.165) is 87.6 Å². The monoisotopic (exact) mass is 572 g/mol. The van der Waals surface area contributed by atoms with Crippen LogP contribution in [0.15, 0.2) is 55.0 Å². The van der Waals surface area contributed by atoms with E-state index in [2.05, 4.69) is 53.2 Å². The van der Waals surface area contributed by atoms with Crippen LogP contribution >= 0.6 is 0 Å². The minimum absolute atomic E-state index is 0.168. The standard InChI is InChI=1S/C31H40N8O3/c1-42-27-17-26(5-9-32)39(21-27)30-34-18-24(19-35-30)23-6-10-33-28(16-23)36-25-4-2-3-22(15-25)20-37-11-13-38(14-12-37)31(7-8-31)29(40)41/h2-4,6,10,15-16,18-19,26-27H,5,7-9,11-14,17,20-21,32H2,1H3,(H,33,36)(H,40,41). The van der Waals surface area contributed by atoms with Gasteiger partial charge in [0.2, 0.25) is 5.95 Å². The van der Waals surface area contributed by atoms with Crippen LogP contribution < -0.4 is 16.0 Å². The summed E-state index contributed by atoms with van der Waals surface area (Å²) in [7, 11) is 1.75. The molecule has 2 atom stereocenters. The van der Waals surface area contributed by atoms with E-state index in [1.165, 1.54) is 5.56 Å². The van der Waals surface area contributed by atoms with Gasteiger partial charge in [-0.05, 0) is 67.6 Å². The molecule has 3 fully saturated rings. The molecule has 2 saturated heterocycles. The molecule has 11 nitrogen and oxygen atoms in total. The number of benzene rings is 1. The average molecular weight is 573 g/mol. The zero-order valence-corrected chi connectivity index (χ0v) is 24.2. The lowest BCUT2D eigenvalue weighted by Crippen LogP contribution is -2.53. The Hall–Kier alpha value is -3.64. The summed E-state index contributed by atoms with van der Waals surface area (Å²) in [4.78, 5) is 32.3. The number of rotatable bonds is 11. The largest absolute Gasteiger partial charge is 0.480 e. The first-order chi connectivity index (χ1) is 20.5. The number of hydrogen-bond acceptors (Lipinski definition) is 10. The molecular formula is C31H40N8O3. The molecule has 222 valence electrons. The van der Waals surface area contributed by atoms with Gasteiger partial charge < -0.3 is 25.8 Å². The van der Waals surface area contributed by atoms with E-state index in [-0.39, 0.29) is 12.1 Å². The highest BCUT2D eigenvalue weighted by Crippen LogP contribution is 2.42. The van der Waals surface area contributed by atoms with Crippen LogP contribution in [0.5, 0.6) is 0 Å². The van der Waals surface area contributed by atoms with Gasteiger partial charge in [-0.15, -0.1) is 0 Å². The smallest absolute Gasteiger partial charge is 0.324 e. The molecule has 2 unspecified atom stereocenters. The molecule has 2 aliphatic heterocycles. The molecule has 4 heterocycles. The number of hydrogen-bond donors (Lipinski definition) is 3. The van der Waals surface area contributed by atoms with Crippen molar-refractivity contribution in [3.8, 4) is 11.1 Å². The molecule has 0 bridgehead atoms. The van der Waals surface area contributed by atoms with Crippen LogP contribution in [0, 0.1) is 0 Å². The fourth-order valence-corrected chi connectivity index (χ4v) is 6.32. The second kappa shape index (κ2) is 12.3. The Bertz CT molecular complexity index is 1370. The molecular weight excluding hydrogens is 532 g/mol. The Balaban J connectivity index is 1.07. The Morgan fingerprint density at radius 3 is 2.57 bits per heavy atom. The van der Waals surface area contributed by atoms with Crippen molar-refractivity contribution in [1.29, 1.82) is 0 Å². The molecule has 0 spiro atoms. The molecule has 3 aromatic rings. The Labute approximate surface area is 246 Å². The van der Waals surface area contributed by atoms with Crippen LogP contribution in [0.4, 0.5) is 17.5 Å². The van der Waals surface area contributed by atoms with Gasteiger partial charge in [0.05, 0.1) is 6.10 Å². The molecule has 4 N–H and O–H groups in total. The number of carbonyl (C=O) groups is 1. The SMILES string of the molecule is COC1CC(CCN)N(c2ncc(-c3ccnc(Nc4cccc(CN5CCN(C6(C(=O)O)CC6)CC5)c4)c3)cn2)C1. The van der Waals surface area contributed by atoms with E-state index in [1.807, 2.05) is 30.6 Å². The van der Waals surface area contributed by atoms with E-state index in [9.17, 15) is 9.90 Å². The molecule has 2 aromatic heterocycles. The molecule has 0 amide bonds. The van der Waals surface area contributed by atoms with Crippen LogP contribution in [0.2, 0.25) is 0 Å². The van der Waals surface area contributed by atoms with Crippen molar-refractivity contribution in [3.63, 3.8) is 0 Å². The predicted molar refractivity (Wildman–Crippen MR) is 162 cm³/mol. The molecule has 1 saturated carbocycles. The quantitative estimate of drug-likeness (QED) is 0.313. The number of nitrogens with zero attached hydrogens (tertiary/aromatic N) is 6. The first-order valence-electron chi connectivity index (χ1n) is 14.8. The maximum absolute atomic E-state index is 11.7. The lowest BCUT2D eigenvalue weighted by molar-refractivity contribution is -0.146. The van der Waals surface area contributed by atoms with E-state index in [1.54, 1.807) is 13.3 Å². The van der Waals surface area contributed by atoms with Crippen LogP contribution in [0.1, 0.15) is 31.2 Å². The zero-order valence-electron chi connectivity index (χ0n) is 24.2. The minimum Gasteiger partial charge on any atom is -0.480 e. The van der Waals surface area contributed by atoms with Gasteiger partial charge in [0.25, 0.3) is 0 Å². The molecule has 1 aromatic carbocycles. The summed E-state index contributed by atoms with van der Waals surface area (Å²) in [5, 5.41) is 13.0. The minimum atomic E-state index is -0.670. The second-order valence-electron chi connectivity index (χ2n) is 11.6. The van der Waals surface area contributed by atoms with Crippen LogP contribution in [0.25, 0.3) is 11.1 Å². The number of carboxylic acids is 1. The van der Waals surface area contributed by atoms with Crippen molar-refractivity contribution in [1.82, 2.24) is 24.8 Å². The number of aromatic nitrogens is 3. The third kappa shape index (κ3) is 6.10. The fraction of sp³-hybridized carbons (Fsp3) is 0.484. The van der Waals surface area contributed by atoms with Crippen LogP contribution in [-0.2, 0) is 16.1 Å². The van der Waals surface area contributed by atoms with Crippen LogP contribution in [0.3, 0.4) is 0 Å². The summed E-state index contributed by atoms with van der Waals surface area (Å²) in [6.45, 7) is 5.55. The zero-order chi connectivity index (χ0) is 29.1. The average Bonchev–Trinajstić information content (AvgIpc) is 3.73. The van der Waals surface area contributed by atoms with Crippen LogP contribution in [-0.4, -0.2) is 99.9 Å². The van der Waals surface area contributed by atoms with Gasteiger partial charge in [-0.3, -0.25) is 14.6 Å². The predicted octanol–water partition coefficient (Wildman–Crippen LogP) is 2.96. The third-order valence-corrected chi connectivity index (χ3v) is 8.90. The molecule has 6 rings (SSSR count). The van der Waals surface area contributed by atoms with Gasteiger partial charge in [0.1, 0.15) is 11.4 Å². The second-order valence-corrected chi connectivity index (χ2v) is 11.6. The number of anilines is 3. The van der Waals surface area contributed by atoms with E-state index in [4.69, 9.17) is 10.5 Å². The van der Waals surface area contributed by atoms with Crippen molar-refractivity contribution in [2.75, 3.05) is 56.6 Å². The van der Waals surface area contributed by atoms with E-state index < -0.39 is 11.5 Å². The number of methoxy groups -OCH3 is 1. The summed E-state index contributed by atoms with van der Waals surface area (Å²) in [5.41, 5.74) is 9.33. The van der Waals surface area contributed by atoms with Gasteiger partial charge in [-0.25, -0.2) is 15.0 Å². The molecule has 0 radical (unpaired) electrons. The number of ether oxygens (including phenoxy) is 1. The number of piperazine rings is 1. The third-order valence-electron chi connectivity index (χ3n) is 8.90. The van der Waals surface area contributed by atoms with Gasteiger partial charge in [0.15, 0.2) is 0 Å². The number of aliphatic carboxylic acids is 1. The summed E-state index contributed by atoms with van der Waals surface area (Å²) in [6.07, 6.45) is 9.05. The van der Waals surface area contributed by atoms with Gasteiger partial charge in [0, 0.05) is 82.3 Å². The molecule has 11 heteroatoms. The van der Waals surface area contributed by atoms with Crippen molar-refractivity contribution in [3.05, 3.63) is 60.6 Å². The lowest BCUT2D eigenvalue weighted by atomic mass is 10.1. The summed E-state index contributed by atoms with van der Waals surface area (Å²) < 4.78 is 5.59. The van der Waals surface area contributed by atoms with Crippen molar-refractivity contribution < 1.29 is 14.6 Å². The fourth-order valence-electron chi connectivity index (χ4n) is 6.32. The highest BCUT2D eigenvalue weighted by Gasteiger charge is 2.55. The Morgan fingerprint density at radius 1 is 1.10 bits per heavy atom. The van der Waals surface area contributed by atoms with Crippen molar-refractivity contribution >= 4 is 23.4 Å². The van der Waals surface area contributed by atoms with E-state index >= 15 is 0 Å². The summed E-state index contributed by atoms with van der Waals surface area (Å²) >= 11 is 0. The summed E-state index contributed by atoms with van der Waals surface area (Å²) in [5.74, 6) is 0.781. The van der Waals surface area contributed by atoms with Gasteiger partial charge in [-0.2, -0.15) is 0 Å². The first-order valence-corrected chi connectivity index (χ1v) is 14.8. The topological polar surface area (TPSA) is 133 Å². The number of nitrogens with two attached hydrogens (primary N) is 1. The van der Waals surface area contributed by atoms with Gasteiger partial charge >= 0.3 is 5.97 Å². The van der Waals surface area contributed by atoms with Crippen molar-refractivity contribution in [2.24, 2.45) is 5.73 Å². The van der Waals surface area contributed by atoms with E-state index in [0.29, 0.717) is 12.5 Å². The Kier molecular flexibility index (Phi) is 8.34. The Morgan fingerprint density at radius 2 is 1.88 bits per heavy atom. The summed E-state index contributed by atoms with van der Waals surface area (Å²) in [6, 6.07) is 12.6. The first kappa shape index (κ1) is 28.5. The normalized spacial score (nSPS) is 22.3. The maximum Gasteiger partial charge on any atom is 0.324 e. The number of nitrogens with one attached hydrogen (secondary N) is 1.